The molecule has 1 N–H and O–H groups in total. The molecule has 0 radical (unpaired) electrons. The molecule has 1 atom stereocenters. The minimum atomic E-state index is -0.436. The van der Waals surface area contributed by atoms with Crippen LogP contribution in [0.5, 0.6) is 0 Å². The molecule has 21 heavy (non-hydrogen) atoms. The Labute approximate surface area is 126 Å². The number of β-amino-alcohol motifs (C(OH)–C–C–N with tert-alkyl or cyclic N) is 1. The molecule has 5 heteroatoms. The van der Waals surface area contributed by atoms with Crippen molar-refractivity contribution in [2.24, 2.45) is 0 Å². The van der Waals surface area contributed by atoms with Gasteiger partial charge in [-0.3, -0.25) is 4.79 Å². The molecule has 1 aromatic carbocycles. The number of halogens is 1. The summed E-state index contributed by atoms with van der Waals surface area (Å²) in [6, 6.07) is 10.1. The summed E-state index contributed by atoms with van der Waals surface area (Å²) in [4.78, 5) is 15.4. The van der Waals surface area contributed by atoms with Gasteiger partial charge in [0.15, 0.2) is 0 Å². The van der Waals surface area contributed by atoms with Crippen LogP contribution in [0, 0.1) is 5.82 Å². The molecule has 0 bridgehead atoms. The van der Waals surface area contributed by atoms with E-state index in [1.807, 2.05) is 0 Å². The highest BCUT2D eigenvalue weighted by molar-refractivity contribution is 7.17. The number of carbonyl (C=O) groups excluding carboxylic acids is 1. The first kappa shape index (κ1) is 14.2. The van der Waals surface area contributed by atoms with Crippen molar-refractivity contribution in [3.05, 3.63) is 47.1 Å². The largest absolute Gasteiger partial charge is 0.391 e. The molecule has 2 heterocycles. The lowest BCUT2D eigenvalue weighted by Gasteiger charge is -2.29. The van der Waals surface area contributed by atoms with Crippen molar-refractivity contribution in [2.45, 2.75) is 18.9 Å². The second kappa shape index (κ2) is 5.95. The van der Waals surface area contributed by atoms with Gasteiger partial charge in [0.05, 0.1) is 11.0 Å². The molecule has 0 spiro atoms. The SMILES string of the molecule is O=C(c1ccc(-c2ccccc2F)s1)N1CCCC(O)C1. The Morgan fingerprint density at radius 1 is 1.29 bits per heavy atom. The first-order chi connectivity index (χ1) is 10.1. The van der Waals surface area contributed by atoms with Crippen molar-refractivity contribution in [2.75, 3.05) is 13.1 Å². The Hall–Kier alpha value is -1.72. The number of piperidine rings is 1. The van der Waals surface area contributed by atoms with Crippen LogP contribution in [0.15, 0.2) is 36.4 Å². The summed E-state index contributed by atoms with van der Waals surface area (Å²) < 4.78 is 13.8. The zero-order chi connectivity index (χ0) is 14.8. The summed E-state index contributed by atoms with van der Waals surface area (Å²) in [6.07, 6.45) is 1.13. The van der Waals surface area contributed by atoms with E-state index in [1.54, 1.807) is 35.2 Å². The molecule has 3 nitrogen and oxygen atoms in total. The highest BCUT2D eigenvalue weighted by atomic mass is 32.1. The van der Waals surface area contributed by atoms with Crippen LogP contribution in [0.25, 0.3) is 10.4 Å². The lowest BCUT2D eigenvalue weighted by molar-refractivity contribution is 0.0478. The van der Waals surface area contributed by atoms with Gasteiger partial charge in [0.2, 0.25) is 0 Å². The predicted molar refractivity (Wildman–Crippen MR) is 80.9 cm³/mol. The third-order valence-electron chi connectivity index (χ3n) is 3.64. The number of nitrogens with zero attached hydrogens (tertiary/aromatic N) is 1. The lowest BCUT2D eigenvalue weighted by atomic mass is 10.1. The minimum absolute atomic E-state index is 0.0821. The third kappa shape index (κ3) is 2.99. The normalized spacial score (nSPS) is 18.8. The molecule has 1 fully saturated rings. The Morgan fingerprint density at radius 2 is 2.10 bits per heavy atom. The molecule has 1 aromatic heterocycles. The van der Waals surface area contributed by atoms with Gasteiger partial charge in [0.1, 0.15) is 5.82 Å². The highest BCUT2D eigenvalue weighted by Gasteiger charge is 2.24. The average molecular weight is 305 g/mol. The Kier molecular flexibility index (Phi) is 4.03. The van der Waals surface area contributed by atoms with Crippen molar-refractivity contribution >= 4 is 17.2 Å². The number of thiophene rings is 1. The maximum atomic E-state index is 13.8. The standard InChI is InChI=1S/C16H16FNO2S/c17-13-6-2-1-5-12(13)14-7-8-15(21-14)16(20)18-9-3-4-11(19)10-18/h1-2,5-8,11,19H,3-4,9-10H2. The molecule has 110 valence electrons. The third-order valence-corrected chi connectivity index (χ3v) is 4.75. The molecule has 0 saturated carbocycles. The molecule has 0 aliphatic carbocycles. The first-order valence-corrected chi connectivity index (χ1v) is 7.79. The predicted octanol–water partition coefficient (Wildman–Crippen LogP) is 3.15. The van der Waals surface area contributed by atoms with Crippen LogP contribution in [-0.2, 0) is 0 Å². The maximum Gasteiger partial charge on any atom is 0.264 e. The van der Waals surface area contributed by atoms with Crippen molar-refractivity contribution in [3.8, 4) is 10.4 Å². The second-order valence-corrected chi connectivity index (χ2v) is 6.27. The van der Waals surface area contributed by atoms with Gasteiger partial charge in [-0.15, -0.1) is 11.3 Å². The molecule has 2 aromatic rings. The summed E-state index contributed by atoms with van der Waals surface area (Å²) in [5.41, 5.74) is 0.514. The Bertz CT molecular complexity index is 655. The molecule has 3 rings (SSSR count). The maximum absolute atomic E-state index is 13.8. The summed E-state index contributed by atoms with van der Waals surface area (Å²) in [6.45, 7) is 1.05. The highest BCUT2D eigenvalue weighted by Crippen LogP contribution is 2.31. The van der Waals surface area contributed by atoms with Gasteiger partial charge < -0.3 is 10.0 Å². The number of rotatable bonds is 2. The van der Waals surface area contributed by atoms with E-state index in [9.17, 15) is 14.3 Å². The van der Waals surface area contributed by atoms with E-state index < -0.39 is 6.10 Å². The molecular weight excluding hydrogens is 289 g/mol. The van der Waals surface area contributed by atoms with E-state index in [4.69, 9.17) is 0 Å². The number of hydrogen-bond acceptors (Lipinski definition) is 3. The van der Waals surface area contributed by atoms with Crippen molar-refractivity contribution < 1.29 is 14.3 Å². The number of carbonyl (C=O) groups is 1. The number of amides is 1. The van der Waals surface area contributed by atoms with Crippen molar-refractivity contribution in [1.29, 1.82) is 0 Å². The van der Waals surface area contributed by atoms with E-state index in [0.29, 0.717) is 23.5 Å². The van der Waals surface area contributed by atoms with Gasteiger partial charge in [-0.05, 0) is 31.0 Å². The quantitative estimate of drug-likeness (QED) is 0.926. The van der Waals surface area contributed by atoms with Gasteiger partial charge in [0, 0.05) is 23.5 Å². The number of aliphatic hydroxyl groups excluding tert-OH is 1. The van der Waals surface area contributed by atoms with Gasteiger partial charge in [-0.2, -0.15) is 0 Å². The summed E-state index contributed by atoms with van der Waals surface area (Å²) >= 11 is 1.29. The number of benzene rings is 1. The number of hydrogen-bond donors (Lipinski definition) is 1. The summed E-state index contributed by atoms with van der Waals surface area (Å²) in [7, 11) is 0. The fourth-order valence-corrected chi connectivity index (χ4v) is 3.55. The first-order valence-electron chi connectivity index (χ1n) is 6.97. The van der Waals surface area contributed by atoms with E-state index in [0.717, 1.165) is 17.7 Å². The lowest BCUT2D eigenvalue weighted by Crippen LogP contribution is -2.41. The van der Waals surface area contributed by atoms with Crippen LogP contribution in [0.2, 0.25) is 0 Å². The topological polar surface area (TPSA) is 40.5 Å². The van der Waals surface area contributed by atoms with E-state index in [-0.39, 0.29) is 11.7 Å². The van der Waals surface area contributed by atoms with Crippen LogP contribution in [0.4, 0.5) is 4.39 Å². The van der Waals surface area contributed by atoms with Crippen molar-refractivity contribution in [1.82, 2.24) is 4.90 Å². The van der Waals surface area contributed by atoms with Gasteiger partial charge in [-0.1, -0.05) is 18.2 Å². The molecule has 1 saturated heterocycles. The summed E-state index contributed by atoms with van der Waals surface area (Å²) in [5, 5.41) is 9.65. The smallest absolute Gasteiger partial charge is 0.264 e. The van der Waals surface area contributed by atoms with Crippen LogP contribution >= 0.6 is 11.3 Å². The minimum Gasteiger partial charge on any atom is -0.391 e. The van der Waals surface area contributed by atoms with E-state index >= 15 is 0 Å². The number of likely N-dealkylation sites (tertiary alicyclic amines) is 1. The van der Waals surface area contributed by atoms with Gasteiger partial charge in [0.25, 0.3) is 5.91 Å². The van der Waals surface area contributed by atoms with Crippen LogP contribution < -0.4 is 0 Å². The Balaban J connectivity index is 1.82. The summed E-state index contributed by atoms with van der Waals surface area (Å²) in [5.74, 6) is -0.368. The number of aliphatic hydroxyl groups is 1. The van der Waals surface area contributed by atoms with Crippen molar-refractivity contribution in [3.63, 3.8) is 0 Å². The van der Waals surface area contributed by atoms with E-state index in [2.05, 4.69) is 0 Å². The Morgan fingerprint density at radius 3 is 2.86 bits per heavy atom. The molecule has 1 aliphatic heterocycles. The second-order valence-electron chi connectivity index (χ2n) is 5.19. The fourth-order valence-electron chi connectivity index (χ4n) is 2.55. The van der Waals surface area contributed by atoms with Crippen LogP contribution in [0.3, 0.4) is 0 Å². The average Bonchev–Trinajstić information content (AvgIpc) is 2.96. The zero-order valence-electron chi connectivity index (χ0n) is 11.5. The van der Waals surface area contributed by atoms with Gasteiger partial charge >= 0.3 is 0 Å². The monoisotopic (exact) mass is 305 g/mol. The molecule has 1 unspecified atom stereocenters. The molecular formula is C16H16FNO2S. The molecule has 1 aliphatic rings. The van der Waals surface area contributed by atoms with Crippen LogP contribution in [-0.4, -0.2) is 35.1 Å². The van der Waals surface area contributed by atoms with E-state index in [1.165, 1.54) is 17.4 Å². The van der Waals surface area contributed by atoms with Crippen LogP contribution in [0.1, 0.15) is 22.5 Å². The molecule has 1 amide bonds. The van der Waals surface area contributed by atoms with Gasteiger partial charge in [-0.25, -0.2) is 4.39 Å². The fraction of sp³-hybridized carbons (Fsp3) is 0.312. The zero-order valence-corrected chi connectivity index (χ0v) is 12.3.